The van der Waals surface area contributed by atoms with Crippen molar-refractivity contribution in [3.05, 3.63) is 34.3 Å². The first-order chi connectivity index (χ1) is 7.56. The zero-order chi connectivity index (χ0) is 12.2. The molecule has 0 aliphatic heterocycles. The van der Waals surface area contributed by atoms with Crippen molar-refractivity contribution in [1.29, 1.82) is 0 Å². The fraction of sp³-hybridized carbons (Fsp3) is 0.417. The third kappa shape index (κ3) is 2.44. The number of likely N-dealkylation sites (N-methyl/N-ethyl adjacent to an activating group) is 1. The van der Waals surface area contributed by atoms with Crippen LogP contribution >= 0.6 is 15.9 Å². The van der Waals surface area contributed by atoms with E-state index < -0.39 is 5.54 Å². The molecule has 0 spiro atoms. The highest BCUT2D eigenvalue weighted by atomic mass is 79.9. The molecule has 4 heteroatoms. The number of rotatable bonds is 5. The lowest BCUT2D eigenvalue weighted by molar-refractivity contribution is -0.125. The van der Waals surface area contributed by atoms with Crippen LogP contribution in [0, 0.1) is 0 Å². The maximum Gasteiger partial charge on any atom is 0.242 e. The molecule has 16 heavy (non-hydrogen) atoms. The lowest BCUT2D eigenvalue weighted by atomic mass is 9.86. The maximum atomic E-state index is 11.7. The second kappa shape index (κ2) is 5.46. The fourth-order valence-electron chi connectivity index (χ4n) is 1.89. The molecular weight excluding hydrogens is 268 g/mol. The van der Waals surface area contributed by atoms with Gasteiger partial charge in [-0.3, -0.25) is 10.1 Å². The third-order valence-electron chi connectivity index (χ3n) is 2.75. The van der Waals surface area contributed by atoms with Gasteiger partial charge in [-0.1, -0.05) is 41.9 Å². The maximum absolute atomic E-state index is 11.7. The molecule has 0 radical (unpaired) electrons. The van der Waals surface area contributed by atoms with Gasteiger partial charge in [0, 0.05) is 4.47 Å². The lowest BCUT2D eigenvalue weighted by Gasteiger charge is -2.31. The smallest absolute Gasteiger partial charge is 0.242 e. The molecule has 0 saturated carbocycles. The number of nitrogens with one attached hydrogen (secondary N) is 1. The summed E-state index contributed by atoms with van der Waals surface area (Å²) in [7, 11) is 0. The predicted molar refractivity (Wildman–Crippen MR) is 69.0 cm³/mol. The fourth-order valence-corrected chi connectivity index (χ4v) is 2.29. The molecule has 0 bridgehead atoms. The standard InChI is InChI=1S/C12H17BrN2O/c1-3-12(11(14)16,15-4-2)9-6-5-7-10(13)8-9/h5-8,15H,3-4H2,1-2H3,(H2,14,16). The van der Waals surface area contributed by atoms with E-state index in [0.29, 0.717) is 13.0 Å². The van der Waals surface area contributed by atoms with Gasteiger partial charge >= 0.3 is 0 Å². The van der Waals surface area contributed by atoms with Crippen LogP contribution in [0.15, 0.2) is 28.7 Å². The molecule has 0 aliphatic carbocycles. The largest absolute Gasteiger partial charge is 0.368 e. The van der Waals surface area contributed by atoms with E-state index in [1.54, 1.807) is 0 Å². The summed E-state index contributed by atoms with van der Waals surface area (Å²) in [5.41, 5.74) is 5.67. The number of hydrogen-bond donors (Lipinski definition) is 2. The van der Waals surface area contributed by atoms with Crippen molar-refractivity contribution in [2.45, 2.75) is 25.8 Å². The molecule has 1 unspecified atom stereocenters. The topological polar surface area (TPSA) is 55.1 Å². The van der Waals surface area contributed by atoms with Gasteiger partial charge in [0.15, 0.2) is 0 Å². The highest BCUT2D eigenvalue weighted by Crippen LogP contribution is 2.27. The second-order valence-electron chi connectivity index (χ2n) is 3.66. The summed E-state index contributed by atoms with van der Waals surface area (Å²) in [5.74, 6) is -0.338. The number of carbonyl (C=O) groups is 1. The summed E-state index contributed by atoms with van der Waals surface area (Å²) in [5, 5.41) is 3.19. The van der Waals surface area contributed by atoms with E-state index >= 15 is 0 Å². The van der Waals surface area contributed by atoms with E-state index in [0.717, 1.165) is 10.0 Å². The first-order valence-electron chi connectivity index (χ1n) is 5.37. The van der Waals surface area contributed by atoms with Gasteiger partial charge in [0.2, 0.25) is 5.91 Å². The summed E-state index contributed by atoms with van der Waals surface area (Å²) in [4.78, 5) is 11.7. The predicted octanol–water partition coefficient (Wildman–Crippen LogP) is 2.15. The number of hydrogen-bond acceptors (Lipinski definition) is 2. The molecule has 1 aromatic rings. The molecule has 0 aliphatic rings. The third-order valence-corrected chi connectivity index (χ3v) is 3.24. The molecule has 3 nitrogen and oxygen atoms in total. The Bertz CT molecular complexity index is 381. The molecule has 0 heterocycles. The first kappa shape index (κ1) is 13.2. The summed E-state index contributed by atoms with van der Waals surface area (Å²) >= 11 is 3.40. The van der Waals surface area contributed by atoms with Gasteiger partial charge in [-0.2, -0.15) is 0 Å². The molecular formula is C12H17BrN2O. The molecule has 0 saturated heterocycles. The number of primary amides is 1. The minimum atomic E-state index is -0.765. The molecule has 1 atom stereocenters. The van der Waals surface area contributed by atoms with Crippen LogP contribution in [0.1, 0.15) is 25.8 Å². The van der Waals surface area contributed by atoms with Gasteiger partial charge < -0.3 is 5.73 Å². The van der Waals surface area contributed by atoms with Gasteiger partial charge in [-0.25, -0.2) is 0 Å². The summed E-state index contributed by atoms with van der Waals surface area (Å²) < 4.78 is 0.946. The minimum Gasteiger partial charge on any atom is -0.368 e. The van der Waals surface area contributed by atoms with Crippen LogP contribution in [0.5, 0.6) is 0 Å². The van der Waals surface area contributed by atoms with E-state index in [4.69, 9.17) is 5.73 Å². The van der Waals surface area contributed by atoms with Crippen LogP contribution in [0.4, 0.5) is 0 Å². The van der Waals surface area contributed by atoms with Gasteiger partial charge in [0.1, 0.15) is 5.54 Å². The van der Waals surface area contributed by atoms with Crippen LogP contribution < -0.4 is 11.1 Å². The molecule has 1 amide bonds. The van der Waals surface area contributed by atoms with Crippen molar-refractivity contribution in [2.24, 2.45) is 5.73 Å². The Morgan fingerprint density at radius 2 is 2.19 bits per heavy atom. The highest BCUT2D eigenvalue weighted by Gasteiger charge is 2.35. The van der Waals surface area contributed by atoms with Crippen molar-refractivity contribution in [3.63, 3.8) is 0 Å². The first-order valence-corrected chi connectivity index (χ1v) is 6.17. The quantitative estimate of drug-likeness (QED) is 0.871. The van der Waals surface area contributed by atoms with Gasteiger partial charge in [0.05, 0.1) is 0 Å². The molecule has 1 aromatic carbocycles. The molecule has 88 valence electrons. The van der Waals surface area contributed by atoms with Crippen LogP contribution in [0.3, 0.4) is 0 Å². The Morgan fingerprint density at radius 1 is 1.50 bits per heavy atom. The van der Waals surface area contributed by atoms with Crippen molar-refractivity contribution < 1.29 is 4.79 Å². The van der Waals surface area contributed by atoms with Crippen molar-refractivity contribution in [1.82, 2.24) is 5.32 Å². The number of benzene rings is 1. The van der Waals surface area contributed by atoms with E-state index in [2.05, 4.69) is 21.2 Å². The minimum absolute atomic E-state index is 0.338. The zero-order valence-corrected chi connectivity index (χ0v) is 11.2. The zero-order valence-electron chi connectivity index (χ0n) is 9.59. The lowest BCUT2D eigenvalue weighted by Crippen LogP contribution is -2.52. The van der Waals surface area contributed by atoms with Crippen LogP contribution in [0.25, 0.3) is 0 Å². The van der Waals surface area contributed by atoms with Crippen LogP contribution in [-0.4, -0.2) is 12.5 Å². The number of halogens is 1. The Morgan fingerprint density at radius 3 is 2.62 bits per heavy atom. The van der Waals surface area contributed by atoms with E-state index in [1.165, 1.54) is 0 Å². The van der Waals surface area contributed by atoms with Crippen molar-refractivity contribution in [2.75, 3.05) is 6.54 Å². The van der Waals surface area contributed by atoms with Gasteiger partial charge in [0.25, 0.3) is 0 Å². The van der Waals surface area contributed by atoms with Gasteiger partial charge in [-0.15, -0.1) is 0 Å². The van der Waals surface area contributed by atoms with E-state index in [-0.39, 0.29) is 5.91 Å². The van der Waals surface area contributed by atoms with Crippen molar-refractivity contribution in [3.8, 4) is 0 Å². The Labute approximate surface area is 105 Å². The Balaban J connectivity index is 3.24. The number of amides is 1. The average Bonchev–Trinajstić information content (AvgIpc) is 2.25. The average molecular weight is 285 g/mol. The van der Waals surface area contributed by atoms with E-state index in [1.807, 2.05) is 38.1 Å². The highest BCUT2D eigenvalue weighted by molar-refractivity contribution is 9.10. The molecule has 0 fully saturated rings. The molecule has 3 N–H and O–H groups in total. The number of carbonyl (C=O) groups excluding carboxylic acids is 1. The molecule has 0 aromatic heterocycles. The van der Waals surface area contributed by atoms with Crippen LogP contribution in [-0.2, 0) is 10.3 Å². The van der Waals surface area contributed by atoms with Crippen molar-refractivity contribution >= 4 is 21.8 Å². The number of nitrogens with two attached hydrogens (primary N) is 1. The van der Waals surface area contributed by atoms with Gasteiger partial charge in [-0.05, 0) is 30.7 Å². The van der Waals surface area contributed by atoms with Crippen LogP contribution in [0.2, 0.25) is 0 Å². The SMILES string of the molecule is CCNC(CC)(C(N)=O)c1cccc(Br)c1. The normalized spacial score (nSPS) is 14.4. The Kier molecular flexibility index (Phi) is 4.50. The summed E-state index contributed by atoms with van der Waals surface area (Å²) in [6.07, 6.45) is 0.632. The summed E-state index contributed by atoms with van der Waals surface area (Å²) in [6.45, 7) is 4.61. The van der Waals surface area contributed by atoms with E-state index in [9.17, 15) is 4.79 Å². The molecule has 1 rings (SSSR count). The Hall–Kier alpha value is -0.870. The summed E-state index contributed by atoms with van der Waals surface area (Å²) in [6, 6.07) is 7.68. The monoisotopic (exact) mass is 284 g/mol. The second-order valence-corrected chi connectivity index (χ2v) is 4.58.